The van der Waals surface area contributed by atoms with Crippen LogP contribution in [0.1, 0.15) is 20.3 Å². The molecule has 0 aromatic heterocycles. The van der Waals surface area contributed by atoms with Crippen LogP contribution >= 0.6 is 0 Å². The molecule has 1 saturated heterocycles. The van der Waals surface area contributed by atoms with Crippen molar-refractivity contribution in [3.05, 3.63) is 0 Å². The molecule has 0 saturated carbocycles. The number of hydrogen-bond acceptors (Lipinski definition) is 3. The Kier molecular flexibility index (Phi) is 2.23. The largest absolute Gasteiger partial charge is 0.394 e. The molecule has 0 bridgehead atoms. The molecule has 0 amide bonds. The zero-order valence-electron chi connectivity index (χ0n) is 7.26. The Hall–Kier alpha value is -0.120. The van der Waals surface area contributed by atoms with Crippen LogP contribution in [0.25, 0.3) is 0 Å². The summed E-state index contributed by atoms with van der Waals surface area (Å²) in [5, 5.41) is 8.91. The SMILES string of the molecule is CC(N)(CO)CC1(C)COC1. The highest BCUT2D eigenvalue weighted by Gasteiger charge is 2.38. The van der Waals surface area contributed by atoms with Crippen molar-refractivity contribution >= 4 is 0 Å². The van der Waals surface area contributed by atoms with Crippen LogP contribution in [0, 0.1) is 5.41 Å². The Morgan fingerprint density at radius 2 is 2.18 bits per heavy atom. The molecular weight excluding hydrogens is 142 g/mol. The average Bonchev–Trinajstić information content (AvgIpc) is 1.84. The highest BCUT2D eigenvalue weighted by molar-refractivity contribution is 4.91. The minimum absolute atomic E-state index is 0.0442. The monoisotopic (exact) mass is 159 g/mol. The van der Waals surface area contributed by atoms with E-state index < -0.39 is 5.54 Å². The first-order valence-electron chi connectivity index (χ1n) is 3.95. The van der Waals surface area contributed by atoms with Gasteiger partial charge >= 0.3 is 0 Å². The first-order valence-corrected chi connectivity index (χ1v) is 3.95. The molecule has 0 radical (unpaired) electrons. The summed E-state index contributed by atoms with van der Waals surface area (Å²) in [4.78, 5) is 0. The molecule has 1 aliphatic heterocycles. The molecule has 3 N–H and O–H groups in total. The van der Waals surface area contributed by atoms with Crippen LogP contribution in [-0.2, 0) is 4.74 Å². The van der Waals surface area contributed by atoms with Crippen molar-refractivity contribution in [2.45, 2.75) is 25.8 Å². The summed E-state index contributed by atoms with van der Waals surface area (Å²) >= 11 is 0. The Labute approximate surface area is 67.5 Å². The maximum atomic E-state index is 8.91. The molecule has 1 fully saturated rings. The minimum Gasteiger partial charge on any atom is -0.394 e. The molecule has 0 aromatic rings. The third-order valence-electron chi connectivity index (χ3n) is 2.09. The van der Waals surface area contributed by atoms with Gasteiger partial charge < -0.3 is 15.6 Å². The van der Waals surface area contributed by atoms with Crippen molar-refractivity contribution in [1.82, 2.24) is 0 Å². The lowest BCUT2D eigenvalue weighted by atomic mass is 9.77. The topological polar surface area (TPSA) is 55.5 Å². The second kappa shape index (κ2) is 2.73. The summed E-state index contributed by atoms with van der Waals surface area (Å²) in [6.45, 7) is 5.61. The van der Waals surface area contributed by atoms with Crippen LogP contribution in [0.15, 0.2) is 0 Å². The van der Waals surface area contributed by atoms with Gasteiger partial charge in [-0.05, 0) is 13.3 Å². The number of aliphatic hydroxyl groups is 1. The molecule has 66 valence electrons. The lowest BCUT2D eigenvalue weighted by Crippen LogP contribution is -2.51. The van der Waals surface area contributed by atoms with Crippen molar-refractivity contribution in [1.29, 1.82) is 0 Å². The first kappa shape index (κ1) is 8.97. The van der Waals surface area contributed by atoms with E-state index in [2.05, 4.69) is 6.92 Å². The van der Waals surface area contributed by atoms with Crippen molar-refractivity contribution < 1.29 is 9.84 Å². The van der Waals surface area contributed by atoms with Crippen molar-refractivity contribution in [2.75, 3.05) is 19.8 Å². The molecule has 3 heteroatoms. The predicted octanol–water partition coefficient (Wildman–Crippen LogP) is 0.123. The molecule has 0 aliphatic carbocycles. The van der Waals surface area contributed by atoms with E-state index in [4.69, 9.17) is 15.6 Å². The lowest BCUT2D eigenvalue weighted by molar-refractivity contribution is -0.116. The average molecular weight is 159 g/mol. The minimum atomic E-state index is -0.446. The van der Waals surface area contributed by atoms with Gasteiger partial charge in [0, 0.05) is 11.0 Å². The zero-order chi connectivity index (χ0) is 8.54. The summed E-state index contributed by atoms with van der Waals surface area (Å²) in [5.41, 5.74) is 5.56. The quantitative estimate of drug-likeness (QED) is 0.615. The van der Waals surface area contributed by atoms with Crippen LogP contribution in [-0.4, -0.2) is 30.5 Å². The van der Waals surface area contributed by atoms with Gasteiger partial charge in [0.1, 0.15) is 0 Å². The smallest absolute Gasteiger partial charge is 0.0608 e. The molecule has 3 nitrogen and oxygen atoms in total. The van der Waals surface area contributed by atoms with Crippen LogP contribution in [0.4, 0.5) is 0 Å². The Morgan fingerprint density at radius 3 is 2.45 bits per heavy atom. The van der Waals surface area contributed by atoms with Gasteiger partial charge in [-0.15, -0.1) is 0 Å². The fourth-order valence-corrected chi connectivity index (χ4v) is 1.58. The van der Waals surface area contributed by atoms with E-state index in [9.17, 15) is 0 Å². The van der Waals surface area contributed by atoms with Crippen LogP contribution in [0.3, 0.4) is 0 Å². The van der Waals surface area contributed by atoms with Gasteiger partial charge in [0.15, 0.2) is 0 Å². The maximum absolute atomic E-state index is 8.91. The van der Waals surface area contributed by atoms with E-state index in [0.29, 0.717) is 0 Å². The van der Waals surface area contributed by atoms with Gasteiger partial charge in [-0.1, -0.05) is 6.92 Å². The number of rotatable bonds is 3. The van der Waals surface area contributed by atoms with E-state index in [-0.39, 0.29) is 12.0 Å². The molecular formula is C8H17NO2. The molecule has 1 rings (SSSR count). The Bertz CT molecular complexity index is 132. The van der Waals surface area contributed by atoms with Crippen molar-refractivity contribution in [3.63, 3.8) is 0 Å². The normalized spacial score (nSPS) is 27.3. The van der Waals surface area contributed by atoms with E-state index in [1.807, 2.05) is 6.92 Å². The number of ether oxygens (including phenoxy) is 1. The van der Waals surface area contributed by atoms with Crippen LogP contribution in [0.5, 0.6) is 0 Å². The summed E-state index contributed by atoms with van der Waals surface area (Å²) in [6.07, 6.45) is 0.830. The van der Waals surface area contributed by atoms with Crippen LogP contribution < -0.4 is 5.73 Å². The first-order chi connectivity index (χ1) is 4.97. The van der Waals surface area contributed by atoms with Crippen molar-refractivity contribution in [2.24, 2.45) is 11.1 Å². The fraction of sp³-hybridized carbons (Fsp3) is 1.00. The molecule has 0 aromatic carbocycles. The molecule has 1 atom stereocenters. The van der Waals surface area contributed by atoms with E-state index >= 15 is 0 Å². The van der Waals surface area contributed by atoms with Gasteiger partial charge in [0.25, 0.3) is 0 Å². The third-order valence-corrected chi connectivity index (χ3v) is 2.09. The van der Waals surface area contributed by atoms with E-state index in [1.54, 1.807) is 0 Å². The fourth-order valence-electron chi connectivity index (χ4n) is 1.58. The summed E-state index contributed by atoms with van der Waals surface area (Å²) in [7, 11) is 0. The third kappa shape index (κ3) is 2.15. The van der Waals surface area contributed by atoms with Gasteiger partial charge in [0.2, 0.25) is 0 Å². The summed E-state index contributed by atoms with van der Waals surface area (Å²) in [6, 6.07) is 0. The predicted molar refractivity (Wildman–Crippen MR) is 43.2 cm³/mol. The van der Waals surface area contributed by atoms with Gasteiger partial charge in [0.05, 0.1) is 19.8 Å². The van der Waals surface area contributed by atoms with Gasteiger partial charge in [-0.2, -0.15) is 0 Å². The second-order valence-electron chi connectivity index (χ2n) is 4.29. The highest BCUT2D eigenvalue weighted by atomic mass is 16.5. The molecule has 1 unspecified atom stereocenters. The number of hydrogen-bond donors (Lipinski definition) is 2. The molecule has 1 aliphatic rings. The van der Waals surface area contributed by atoms with E-state index in [0.717, 1.165) is 19.6 Å². The summed E-state index contributed by atoms with van der Waals surface area (Å²) < 4.78 is 5.09. The summed E-state index contributed by atoms with van der Waals surface area (Å²) in [5.74, 6) is 0. The van der Waals surface area contributed by atoms with Crippen molar-refractivity contribution in [3.8, 4) is 0 Å². The Morgan fingerprint density at radius 1 is 1.64 bits per heavy atom. The maximum Gasteiger partial charge on any atom is 0.0608 e. The number of nitrogens with two attached hydrogens (primary N) is 1. The highest BCUT2D eigenvalue weighted by Crippen LogP contribution is 2.34. The lowest BCUT2D eigenvalue weighted by Gasteiger charge is -2.42. The van der Waals surface area contributed by atoms with E-state index in [1.165, 1.54) is 0 Å². The Balaban J connectivity index is 2.40. The number of aliphatic hydroxyl groups excluding tert-OH is 1. The molecule has 0 spiro atoms. The zero-order valence-corrected chi connectivity index (χ0v) is 7.26. The molecule has 1 heterocycles. The van der Waals surface area contributed by atoms with Gasteiger partial charge in [-0.25, -0.2) is 0 Å². The second-order valence-corrected chi connectivity index (χ2v) is 4.29. The van der Waals surface area contributed by atoms with Crippen LogP contribution in [0.2, 0.25) is 0 Å². The molecule has 11 heavy (non-hydrogen) atoms. The standard InChI is InChI=1S/C8H17NO2/c1-7(5-11-6-7)3-8(2,9)4-10/h10H,3-6,9H2,1-2H3. The van der Waals surface area contributed by atoms with Gasteiger partial charge in [-0.3, -0.25) is 0 Å².